The summed E-state index contributed by atoms with van der Waals surface area (Å²) in [4.78, 5) is 38.3. The molecule has 0 radical (unpaired) electrons. The first kappa shape index (κ1) is 67.4. The van der Waals surface area contributed by atoms with E-state index in [4.69, 9.17) is 14.2 Å². The molecule has 0 saturated carbocycles. The van der Waals surface area contributed by atoms with Gasteiger partial charge in [0.2, 0.25) is 0 Å². The van der Waals surface area contributed by atoms with Crippen molar-refractivity contribution in [2.45, 2.75) is 362 Å². The molecular weight excluding hydrogens is 853 g/mol. The van der Waals surface area contributed by atoms with Crippen molar-refractivity contribution >= 4 is 17.9 Å². The summed E-state index contributed by atoms with van der Waals surface area (Å²) in [5, 5.41) is 0. The zero-order chi connectivity index (χ0) is 50.4. The molecule has 0 spiro atoms. The molecule has 0 aromatic rings. The minimum absolute atomic E-state index is 0.0620. The third kappa shape index (κ3) is 57.2. The van der Waals surface area contributed by atoms with Gasteiger partial charge in [-0.2, -0.15) is 0 Å². The molecule has 0 bridgehead atoms. The van der Waals surface area contributed by atoms with Gasteiger partial charge in [0.1, 0.15) is 13.2 Å². The quantitative estimate of drug-likeness (QED) is 0.0343. The van der Waals surface area contributed by atoms with Gasteiger partial charge in [0.05, 0.1) is 0 Å². The van der Waals surface area contributed by atoms with E-state index >= 15 is 0 Å². The molecule has 0 amide bonds. The van der Waals surface area contributed by atoms with Gasteiger partial charge in [-0.25, -0.2) is 0 Å². The number of esters is 3. The molecule has 410 valence electrons. The van der Waals surface area contributed by atoms with Gasteiger partial charge in [-0.15, -0.1) is 0 Å². The number of unbranched alkanes of at least 4 members (excludes halogenated alkanes) is 42. The predicted molar refractivity (Wildman–Crippen MR) is 298 cm³/mol. The third-order valence-corrected chi connectivity index (χ3v) is 14.5. The molecule has 0 aliphatic heterocycles. The molecule has 1 atom stereocenters. The highest BCUT2D eigenvalue weighted by Gasteiger charge is 2.19. The number of rotatable bonds is 57. The van der Waals surface area contributed by atoms with Crippen LogP contribution in [0.4, 0.5) is 0 Å². The Labute approximate surface area is 431 Å². The zero-order valence-electron chi connectivity index (χ0n) is 47.5. The molecule has 6 heteroatoms. The van der Waals surface area contributed by atoms with Gasteiger partial charge >= 0.3 is 17.9 Å². The second-order valence-corrected chi connectivity index (χ2v) is 22.6. The van der Waals surface area contributed by atoms with Crippen LogP contribution >= 0.6 is 0 Å². The largest absolute Gasteiger partial charge is 0.462 e. The monoisotopic (exact) mass is 975 g/mol. The summed E-state index contributed by atoms with van der Waals surface area (Å²) < 4.78 is 16.9. The molecule has 0 saturated heterocycles. The lowest BCUT2D eigenvalue weighted by Crippen LogP contribution is -2.30. The topological polar surface area (TPSA) is 78.9 Å². The fraction of sp³-hybridized carbons (Fsp3) is 0.952. The van der Waals surface area contributed by atoms with E-state index in [1.54, 1.807) is 0 Å². The molecule has 0 fully saturated rings. The number of hydrogen-bond donors (Lipinski definition) is 0. The van der Waals surface area contributed by atoms with Gasteiger partial charge < -0.3 is 14.2 Å². The standard InChI is InChI=1S/C63H122O6/c1-6-7-8-9-10-11-12-13-14-15-20-23-30-35-40-45-50-55-63(66)69-60(57-68-62(65)54-49-44-39-34-29-25-24-27-32-37-42-47-52-59(4)5)56-67-61(64)53-48-43-38-33-28-22-19-17-16-18-21-26-31-36-41-46-51-58(2)3/h58-60H,6-57H2,1-5H3/t60-/m1/s1. The third-order valence-electron chi connectivity index (χ3n) is 14.5. The van der Waals surface area contributed by atoms with Crippen molar-refractivity contribution in [3.63, 3.8) is 0 Å². The van der Waals surface area contributed by atoms with E-state index in [1.807, 2.05) is 0 Å². The van der Waals surface area contributed by atoms with E-state index in [0.717, 1.165) is 69.6 Å². The second kappa shape index (κ2) is 55.7. The maximum atomic E-state index is 12.9. The van der Waals surface area contributed by atoms with E-state index in [2.05, 4.69) is 34.6 Å². The van der Waals surface area contributed by atoms with Gasteiger partial charge in [0, 0.05) is 19.3 Å². The molecule has 0 aliphatic rings. The molecule has 6 nitrogen and oxygen atoms in total. The van der Waals surface area contributed by atoms with Crippen LogP contribution in [-0.4, -0.2) is 37.2 Å². The van der Waals surface area contributed by atoms with Crippen LogP contribution in [0.15, 0.2) is 0 Å². The Kier molecular flexibility index (Phi) is 54.4. The van der Waals surface area contributed by atoms with E-state index in [0.29, 0.717) is 19.3 Å². The first-order valence-electron chi connectivity index (χ1n) is 31.2. The van der Waals surface area contributed by atoms with Crippen LogP contribution in [0.5, 0.6) is 0 Å². The van der Waals surface area contributed by atoms with Crippen LogP contribution < -0.4 is 0 Å². The lowest BCUT2D eigenvalue weighted by atomic mass is 10.0. The summed E-state index contributed by atoms with van der Waals surface area (Å²) >= 11 is 0. The highest BCUT2D eigenvalue weighted by molar-refractivity contribution is 5.71. The summed E-state index contributed by atoms with van der Waals surface area (Å²) in [5.41, 5.74) is 0. The smallest absolute Gasteiger partial charge is 0.306 e. The highest BCUT2D eigenvalue weighted by Crippen LogP contribution is 2.19. The average molecular weight is 976 g/mol. The molecule has 0 unspecified atom stereocenters. The normalized spacial score (nSPS) is 12.0. The summed E-state index contributed by atoms with van der Waals surface area (Å²) in [7, 11) is 0. The van der Waals surface area contributed by atoms with Gasteiger partial charge in [-0.1, -0.05) is 317 Å². The first-order valence-corrected chi connectivity index (χ1v) is 31.2. The van der Waals surface area contributed by atoms with Gasteiger partial charge in [0.25, 0.3) is 0 Å². The Balaban J connectivity index is 4.28. The molecule has 0 aromatic carbocycles. The van der Waals surface area contributed by atoms with Crippen LogP contribution in [-0.2, 0) is 28.6 Å². The fourth-order valence-corrected chi connectivity index (χ4v) is 9.76. The van der Waals surface area contributed by atoms with Crippen molar-refractivity contribution in [3.8, 4) is 0 Å². The molecule has 0 aliphatic carbocycles. The number of carbonyl (C=O) groups excluding carboxylic acids is 3. The van der Waals surface area contributed by atoms with Crippen molar-refractivity contribution in [1.82, 2.24) is 0 Å². The minimum Gasteiger partial charge on any atom is -0.462 e. The summed E-state index contributed by atoms with van der Waals surface area (Å²) in [6.45, 7) is 11.4. The highest BCUT2D eigenvalue weighted by atomic mass is 16.6. The minimum atomic E-state index is -0.763. The number of hydrogen-bond acceptors (Lipinski definition) is 6. The van der Waals surface area contributed by atoms with Gasteiger partial charge in [-0.3, -0.25) is 14.4 Å². The SMILES string of the molecule is CCCCCCCCCCCCCCCCCCCC(=O)O[C@H](COC(=O)CCCCCCCCCCCCCCCCCCC(C)C)COC(=O)CCCCCCCCCCCCCCC(C)C. The number of carbonyl (C=O) groups is 3. The predicted octanol–water partition coefficient (Wildman–Crippen LogP) is 20.8. The molecule has 69 heavy (non-hydrogen) atoms. The Morgan fingerprint density at radius 3 is 0.710 bits per heavy atom. The molecule has 0 N–H and O–H groups in total. The molecule has 0 aromatic heterocycles. The van der Waals surface area contributed by atoms with Gasteiger partial charge in [0.15, 0.2) is 6.10 Å². The van der Waals surface area contributed by atoms with E-state index in [-0.39, 0.29) is 31.1 Å². The molecule has 0 heterocycles. The first-order chi connectivity index (χ1) is 33.7. The lowest BCUT2D eigenvalue weighted by molar-refractivity contribution is -0.167. The summed E-state index contributed by atoms with van der Waals surface area (Å²) in [5.74, 6) is 0.854. The molecular formula is C63H122O6. The second-order valence-electron chi connectivity index (χ2n) is 22.6. The van der Waals surface area contributed by atoms with Crippen LogP contribution in [0.2, 0.25) is 0 Å². The summed E-state index contributed by atoms with van der Waals surface area (Å²) in [6.07, 6.45) is 61.0. The van der Waals surface area contributed by atoms with Crippen molar-refractivity contribution < 1.29 is 28.6 Å². The maximum Gasteiger partial charge on any atom is 0.306 e. The Morgan fingerprint density at radius 2 is 0.478 bits per heavy atom. The van der Waals surface area contributed by atoms with Crippen molar-refractivity contribution in [2.75, 3.05) is 13.2 Å². The number of ether oxygens (including phenoxy) is 3. The van der Waals surface area contributed by atoms with Crippen molar-refractivity contribution in [1.29, 1.82) is 0 Å². The summed E-state index contributed by atoms with van der Waals surface area (Å²) in [6, 6.07) is 0. The molecule has 0 rings (SSSR count). The Morgan fingerprint density at radius 1 is 0.275 bits per heavy atom. The maximum absolute atomic E-state index is 12.9. The van der Waals surface area contributed by atoms with E-state index in [9.17, 15) is 14.4 Å². The van der Waals surface area contributed by atoms with Crippen LogP contribution in [0.3, 0.4) is 0 Å². The van der Waals surface area contributed by atoms with Gasteiger partial charge in [-0.05, 0) is 31.1 Å². The van der Waals surface area contributed by atoms with Crippen molar-refractivity contribution in [2.24, 2.45) is 11.8 Å². The van der Waals surface area contributed by atoms with Crippen LogP contribution in [0, 0.1) is 11.8 Å². The fourth-order valence-electron chi connectivity index (χ4n) is 9.76. The lowest BCUT2D eigenvalue weighted by Gasteiger charge is -2.18. The Hall–Kier alpha value is -1.59. The van der Waals surface area contributed by atoms with Crippen LogP contribution in [0.1, 0.15) is 356 Å². The average Bonchev–Trinajstić information content (AvgIpc) is 3.32. The zero-order valence-corrected chi connectivity index (χ0v) is 47.5. The van der Waals surface area contributed by atoms with E-state index < -0.39 is 6.10 Å². The van der Waals surface area contributed by atoms with Crippen molar-refractivity contribution in [3.05, 3.63) is 0 Å². The Bertz CT molecular complexity index is 1060. The van der Waals surface area contributed by atoms with E-state index in [1.165, 1.54) is 244 Å². The van der Waals surface area contributed by atoms with Crippen LogP contribution in [0.25, 0.3) is 0 Å².